The second-order valence-electron chi connectivity index (χ2n) is 5.30. The van der Waals surface area contributed by atoms with Crippen LogP contribution in [0.1, 0.15) is 30.5 Å². The van der Waals surface area contributed by atoms with Crippen molar-refractivity contribution in [1.29, 1.82) is 0 Å². The van der Waals surface area contributed by atoms with E-state index in [0.29, 0.717) is 0 Å². The maximum atomic E-state index is 9.44. The highest BCUT2D eigenvalue weighted by Crippen LogP contribution is 2.37. The van der Waals surface area contributed by atoms with Gasteiger partial charge in [-0.05, 0) is 53.7 Å². The Morgan fingerprint density at radius 1 is 1.11 bits per heavy atom. The molecular weight excluding hydrogens is 232 g/mol. The summed E-state index contributed by atoms with van der Waals surface area (Å²) >= 11 is 0. The molecule has 0 aromatic heterocycles. The molecular formula is C18H18O. The Balaban J connectivity index is 2.02. The summed E-state index contributed by atoms with van der Waals surface area (Å²) in [5.74, 6) is 0. The first-order valence-electron chi connectivity index (χ1n) is 6.73. The first-order chi connectivity index (χ1) is 9.15. The van der Waals surface area contributed by atoms with E-state index in [2.05, 4.69) is 49.4 Å². The van der Waals surface area contributed by atoms with Crippen molar-refractivity contribution in [1.82, 2.24) is 0 Å². The lowest BCUT2D eigenvalue weighted by Crippen LogP contribution is -1.95. The van der Waals surface area contributed by atoms with Gasteiger partial charge in [0.15, 0.2) is 0 Å². The van der Waals surface area contributed by atoms with E-state index in [0.717, 1.165) is 12.0 Å². The van der Waals surface area contributed by atoms with Crippen LogP contribution in [0.2, 0.25) is 0 Å². The van der Waals surface area contributed by atoms with Crippen LogP contribution >= 0.6 is 0 Å². The van der Waals surface area contributed by atoms with Gasteiger partial charge in [-0.1, -0.05) is 48.5 Å². The molecule has 2 aromatic rings. The van der Waals surface area contributed by atoms with Crippen LogP contribution in [0.5, 0.6) is 0 Å². The minimum atomic E-state index is -0.398. The van der Waals surface area contributed by atoms with Crippen molar-refractivity contribution < 1.29 is 5.11 Å². The average Bonchev–Trinajstić information content (AvgIpc) is 2.75. The molecule has 1 N–H and O–H groups in total. The van der Waals surface area contributed by atoms with Crippen LogP contribution in [0, 0.1) is 0 Å². The lowest BCUT2D eigenvalue weighted by atomic mass is 9.99. The number of hydrogen-bond acceptors (Lipinski definition) is 1. The molecule has 1 aliphatic carbocycles. The zero-order valence-corrected chi connectivity index (χ0v) is 11.4. The third kappa shape index (κ3) is 2.22. The maximum absolute atomic E-state index is 9.44. The van der Waals surface area contributed by atoms with Crippen LogP contribution in [0.4, 0.5) is 0 Å². The highest BCUT2D eigenvalue weighted by Gasteiger charge is 2.17. The van der Waals surface area contributed by atoms with Gasteiger partial charge in [-0.2, -0.15) is 0 Å². The zero-order chi connectivity index (χ0) is 13.4. The van der Waals surface area contributed by atoms with Crippen molar-refractivity contribution in [2.24, 2.45) is 0 Å². The topological polar surface area (TPSA) is 20.2 Å². The van der Waals surface area contributed by atoms with Crippen molar-refractivity contribution in [2.45, 2.75) is 26.4 Å². The Labute approximate surface area is 114 Å². The lowest BCUT2D eigenvalue weighted by molar-refractivity contribution is 0.244. The molecule has 0 fully saturated rings. The molecule has 19 heavy (non-hydrogen) atoms. The summed E-state index contributed by atoms with van der Waals surface area (Å²) in [5.41, 5.74) is 7.84. The summed E-state index contributed by atoms with van der Waals surface area (Å²) in [5, 5.41) is 9.44. The molecule has 1 heteroatoms. The van der Waals surface area contributed by atoms with Crippen molar-refractivity contribution in [3.8, 4) is 11.1 Å². The number of fused-ring (bicyclic) bond motifs is 3. The largest absolute Gasteiger partial charge is 0.389 e. The molecule has 0 amide bonds. The molecule has 0 radical (unpaired) electrons. The molecule has 1 atom stereocenters. The Bertz CT molecular complexity index is 650. The number of aliphatic hydroxyl groups is 1. The van der Waals surface area contributed by atoms with Crippen LogP contribution in [0.25, 0.3) is 16.7 Å². The van der Waals surface area contributed by atoms with Crippen molar-refractivity contribution >= 4 is 5.57 Å². The van der Waals surface area contributed by atoms with E-state index in [1.807, 2.05) is 6.08 Å². The van der Waals surface area contributed by atoms with Crippen molar-refractivity contribution in [3.05, 3.63) is 65.2 Å². The SMILES string of the molecule is C/C(=C/C(C)O)c1ccc2c(c1)Cc1ccccc1-2. The van der Waals surface area contributed by atoms with E-state index in [1.165, 1.54) is 27.8 Å². The molecule has 0 bridgehead atoms. The highest BCUT2D eigenvalue weighted by atomic mass is 16.3. The van der Waals surface area contributed by atoms with E-state index in [1.54, 1.807) is 6.92 Å². The van der Waals surface area contributed by atoms with E-state index >= 15 is 0 Å². The standard InChI is InChI=1S/C18H18O/c1-12(9-13(2)19)14-7-8-18-16(10-14)11-15-5-3-4-6-17(15)18/h3-10,13,19H,11H2,1-2H3/b12-9-. The Morgan fingerprint density at radius 2 is 1.84 bits per heavy atom. The van der Waals surface area contributed by atoms with E-state index < -0.39 is 6.10 Å². The van der Waals surface area contributed by atoms with Gasteiger partial charge in [-0.25, -0.2) is 0 Å². The van der Waals surface area contributed by atoms with Crippen LogP contribution in [-0.4, -0.2) is 11.2 Å². The minimum absolute atomic E-state index is 0.398. The summed E-state index contributed by atoms with van der Waals surface area (Å²) in [6.07, 6.45) is 2.51. The summed E-state index contributed by atoms with van der Waals surface area (Å²) in [6, 6.07) is 15.2. The molecule has 2 aromatic carbocycles. The van der Waals surface area contributed by atoms with E-state index in [4.69, 9.17) is 0 Å². The minimum Gasteiger partial charge on any atom is -0.389 e. The Kier molecular flexibility index (Phi) is 3.00. The summed E-state index contributed by atoms with van der Waals surface area (Å²) < 4.78 is 0. The monoisotopic (exact) mass is 250 g/mol. The van der Waals surface area contributed by atoms with E-state index in [9.17, 15) is 5.11 Å². The second-order valence-corrected chi connectivity index (χ2v) is 5.30. The first-order valence-corrected chi connectivity index (χ1v) is 6.73. The number of hydrogen-bond donors (Lipinski definition) is 1. The summed E-state index contributed by atoms with van der Waals surface area (Å²) in [6.45, 7) is 3.84. The molecule has 3 rings (SSSR count). The third-order valence-corrected chi connectivity index (χ3v) is 3.74. The van der Waals surface area contributed by atoms with Gasteiger partial charge in [0.05, 0.1) is 6.10 Å². The van der Waals surface area contributed by atoms with Gasteiger partial charge in [0, 0.05) is 0 Å². The van der Waals surface area contributed by atoms with Crippen LogP contribution in [0.15, 0.2) is 48.5 Å². The van der Waals surface area contributed by atoms with Gasteiger partial charge in [0.2, 0.25) is 0 Å². The summed E-state index contributed by atoms with van der Waals surface area (Å²) in [7, 11) is 0. The molecule has 1 nitrogen and oxygen atoms in total. The van der Waals surface area contributed by atoms with Gasteiger partial charge in [-0.3, -0.25) is 0 Å². The van der Waals surface area contributed by atoms with Crippen LogP contribution in [-0.2, 0) is 6.42 Å². The predicted molar refractivity (Wildman–Crippen MR) is 80.0 cm³/mol. The zero-order valence-electron chi connectivity index (χ0n) is 11.4. The molecule has 0 spiro atoms. The van der Waals surface area contributed by atoms with Crippen LogP contribution in [0.3, 0.4) is 0 Å². The second kappa shape index (κ2) is 4.67. The fourth-order valence-electron chi connectivity index (χ4n) is 2.85. The molecule has 1 aliphatic rings. The molecule has 1 unspecified atom stereocenters. The normalized spacial score (nSPS) is 15.0. The Morgan fingerprint density at radius 3 is 2.63 bits per heavy atom. The van der Waals surface area contributed by atoms with Gasteiger partial charge >= 0.3 is 0 Å². The molecule has 0 aliphatic heterocycles. The Hall–Kier alpha value is -1.86. The first kappa shape index (κ1) is 12.2. The highest BCUT2D eigenvalue weighted by molar-refractivity contribution is 5.79. The number of allylic oxidation sites excluding steroid dienone is 1. The number of rotatable bonds is 2. The predicted octanol–water partition coefficient (Wildman–Crippen LogP) is 4.04. The average molecular weight is 250 g/mol. The van der Waals surface area contributed by atoms with Gasteiger partial charge in [0.1, 0.15) is 0 Å². The summed E-state index contributed by atoms with van der Waals surface area (Å²) in [4.78, 5) is 0. The third-order valence-electron chi connectivity index (χ3n) is 3.74. The number of benzene rings is 2. The molecule has 0 saturated heterocycles. The molecule has 0 saturated carbocycles. The quantitative estimate of drug-likeness (QED) is 0.727. The fourth-order valence-corrected chi connectivity index (χ4v) is 2.85. The van der Waals surface area contributed by atoms with Gasteiger partial charge < -0.3 is 5.11 Å². The maximum Gasteiger partial charge on any atom is 0.0698 e. The fraction of sp³-hybridized carbons (Fsp3) is 0.222. The van der Waals surface area contributed by atoms with Crippen LogP contribution < -0.4 is 0 Å². The van der Waals surface area contributed by atoms with Crippen molar-refractivity contribution in [2.75, 3.05) is 0 Å². The number of aliphatic hydroxyl groups excluding tert-OH is 1. The van der Waals surface area contributed by atoms with Gasteiger partial charge in [-0.15, -0.1) is 0 Å². The lowest BCUT2D eigenvalue weighted by Gasteiger charge is -2.07. The smallest absolute Gasteiger partial charge is 0.0698 e. The molecule has 96 valence electrons. The van der Waals surface area contributed by atoms with E-state index in [-0.39, 0.29) is 0 Å². The molecule has 0 heterocycles. The van der Waals surface area contributed by atoms with Gasteiger partial charge in [0.25, 0.3) is 0 Å². The van der Waals surface area contributed by atoms with Crippen molar-refractivity contribution in [3.63, 3.8) is 0 Å².